The van der Waals surface area contributed by atoms with E-state index in [-0.39, 0.29) is 10.9 Å². The summed E-state index contributed by atoms with van der Waals surface area (Å²) in [6.07, 6.45) is 6.16. The summed E-state index contributed by atoms with van der Waals surface area (Å²) in [5, 5.41) is 8.71. The first-order valence-corrected chi connectivity index (χ1v) is 8.89. The highest BCUT2D eigenvalue weighted by Gasteiger charge is 2.20. The van der Waals surface area contributed by atoms with Gasteiger partial charge in [-0.3, -0.25) is 9.36 Å². The average molecular weight is 346 g/mol. The van der Waals surface area contributed by atoms with Crippen LogP contribution in [0.2, 0.25) is 5.02 Å². The topological polar surface area (TPSA) is 81.8 Å². The molecule has 0 fully saturated rings. The molecule has 0 aliphatic rings. The minimum atomic E-state index is -3.54. The highest BCUT2D eigenvalue weighted by molar-refractivity contribution is 7.89. The number of aryl methyl sites for hydroxylation is 1. The first-order valence-electron chi connectivity index (χ1n) is 7.03. The van der Waals surface area contributed by atoms with Crippen molar-refractivity contribution in [3.63, 3.8) is 0 Å². The highest BCUT2D eigenvalue weighted by atomic mass is 35.5. The molecule has 7 nitrogen and oxygen atoms in total. The van der Waals surface area contributed by atoms with E-state index in [0.717, 1.165) is 6.42 Å². The Morgan fingerprint density at radius 2 is 2.09 bits per heavy atom. The smallest absolute Gasteiger partial charge is 0.243 e. The van der Waals surface area contributed by atoms with Gasteiger partial charge < -0.3 is 0 Å². The van der Waals surface area contributed by atoms with Gasteiger partial charge >= 0.3 is 0 Å². The van der Waals surface area contributed by atoms with Gasteiger partial charge in [0.2, 0.25) is 10.0 Å². The van der Waals surface area contributed by atoms with E-state index in [9.17, 15) is 8.42 Å². The predicted molar refractivity (Wildman–Crippen MR) is 84.3 cm³/mol. The Bertz CT molecular complexity index is 737. The maximum absolute atomic E-state index is 12.3. The molecule has 122 valence electrons. The monoisotopic (exact) mass is 345 g/mol. The van der Waals surface area contributed by atoms with Crippen molar-refractivity contribution in [2.75, 3.05) is 6.54 Å². The van der Waals surface area contributed by atoms with E-state index in [4.69, 9.17) is 11.6 Å². The fourth-order valence-corrected chi connectivity index (χ4v) is 3.61. The Morgan fingerprint density at radius 1 is 1.36 bits per heavy atom. The largest absolute Gasteiger partial charge is 0.272 e. The zero-order valence-corrected chi connectivity index (χ0v) is 14.4. The van der Waals surface area contributed by atoms with Gasteiger partial charge in [-0.2, -0.15) is 10.2 Å². The van der Waals surface area contributed by atoms with Crippen LogP contribution in [0.25, 0.3) is 0 Å². The van der Waals surface area contributed by atoms with E-state index in [2.05, 4.69) is 14.9 Å². The van der Waals surface area contributed by atoms with Gasteiger partial charge in [0.1, 0.15) is 4.90 Å². The van der Waals surface area contributed by atoms with Gasteiger partial charge in [-0.15, -0.1) is 0 Å². The Morgan fingerprint density at radius 3 is 2.59 bits per heavy atom. The van der Waals surface area contributed by atoms with Crippen molar-refractivity contribution in [3.8, 4) is 0 Å². The molecule has 0 aliphatic heterocycles. The molecule has 1 N–H and O–H groups in total. The van der Waals surface area contributed by atoms with Crippen LogP contribution in [-0.4, -0.2) is 34.5 Å². The Balaban J connectivity index is 1.99. The van der Waals surface area contributed by atoms with Crippen LogP contribution in [0.3, 0.4) is 0 Å². The van der Waals surface area contributed by atoms with E-state index < -0.39 is 10.0 Å². The maximum atomic E-state index is 12.3. The fourth-order valence-electron chi connectivity index (χ4n) is 2.22. The minimum Gasteiger partial charge on any atom is -0.272 e. The lowest BCUT2D eigenvalue weighted by molar-refractivity contribution is 0.412. The number of hydrogen-bond acceptors (Lipinski definition) is 4. The first kappa shape index (κ1) is 17.0. The maximum Gasteiger partial charge on any atom is 0.243 e. The first-order chi connectivity index (χ1) is 10.3. The second kappa shape index (κ2) is 6.80. The second-order valence-electron chi connectivity index (χ2n) is 5.10. The quantitative estimate of drug-likeness (QED) is 0.830. The summed E-state index contributed by atoms with van der Waals surface area (Å²) in [5.41, 5.74) is 0.610. The molecule has 2 heterocycles. The van der Waals surface area contributed by atoms with Crippen molar-refractivity contribution in [3.05, 3.63) is 29.3 Å². The Labute approximate surface area is 135 Å². The number of hydrogen-bond donors (Lipinski definition) is 1. The summed E-state index contributed by atoms with van der Waals surface area (Å²) in [4.78, 5) is 0.213. The van der Waals surface area contributed by atoms with Gasteiger partial charge in [0, 0.05) is 19.8 Å². The lowest BCUT2D eigenvalue weighted by Crippen LogP contribution is -2.27. The van der Waals surface area contributed by atoms with Gasteiger partial charge in [-0.25, -0.2) is 13.1 Å². The molecular formula is C13H20ClN5O2S. The molecule has 0 bridgehead atoms. The molecule has 0 saturated carbocycles. The van der Waals surface area contributed by atoms with Crippen LogP contribution < -0.4 is 4.72 Å². The molecule has 2 rings (SSSR count). The van der Waals surface area contributed by atoms with E-state index in [1.54, 1.807) is 31.0 Å². The number of aromatic nitrogens is 4. The summed E-state index contributed by atoms with van der Waals surface area (Å²) in [7, 11) is -1.83. The predicted octanol–water partition coefficient (Wildman–Crippen LogP) is 1.90. The van der Waals surface area contributed by atoms with Gasteiger partial charge in [-0.05, 0) is 19.8 Å². The number of rotatable bonds is 7. The summed E-state index contributed by atoms with van der Waals surface area (Å²) in [6.45, 7) is 4.08. The normalized spacial score (nSPS) is 13.5. The van der Waals surface area contributed by atoms with Gasteiger partial charge in [0.15, 0.2) is 0 Å². The van der Waals surface area contributed by atoms with E-state index in [1.807, 2.05) is 6.92 Å². The van der Waals surface area contributed by atoms with Crippen molar-refractivity contribution in [2.24, 2.45) is 7.05 Å². The summed E-state index contributed by atoms with van der Waals surface area (Å²) < 4.78 is 30.5. The Kier molecular flexibility index (Phi) is 5.25. The van der Waals surface area contributed by atoms with Crippen LogP contribution in [-0.2, 0) is 17.1 Å². The number of nitrogens with one attached hydrogen (secondary N) is 1. The van der Waals surface area contributed by atoms with Crippen LogP contribution in [0.15, 0.2) is 23.5 Å². The molecule has 0 spiro atoms. The third-order valence-electron chi connectivity index (χ3n) is 3.66. The molecule has 0 saturated heterocycles. The zero-order valence-electron chi connectivity index (χ0n) is 12.8. The molecular weight excluding hydrogens is 326 g/mol. The number of halogens is 1. The van der Waals surface area contributed by atoms with E-state index in [1.165, 1.54) is 10.9 Å². The average Bonchev–Trinajstić information content (AvgIpc) is 3.03. The van der Waals surface area contributed by atoms with Crippen molar-refractivity contribution in [1.29, 1.82) is 0 Å². The Hall–Kier alpha value is -1.38. The van der Waals surface area contributed by atoms with Gasteiger partial charge in [0.25, 0.3) is 0 Å². The standard InChI is InChI=1S/C13H20ClN5O2S/c1-4-12(19-9-11(14)7-16-19)5-6-17-22(20,21)13-8-15-18(3)10(13)2/h7-9,12,17H,4-6H2,1-3H3. The summed E-state index contributed by atoms with van der Waals surface area (Å²) in [5.74, 6) is 0. The third kappa shape index (κ3) is 3.68. The minimum absolute atomic E-state index is 0.102. The van der Waals surface area contributed by atoms with Crippen LogP contribution >= 0.6 is 11.6 Å². The van der Waals surface area contributed by atoms with Crippen LogP contribution in [0.5, 0.6) is 0 Å². The van der Waals surface area contributed by atoms with Crippen molar-refractivity contribution in [2.45, 2.75) is 37.6 Å². The molecule has 1 atom stereocenters. The van der Waals surface area contributed by atoms with Gasteiger partial charge in [0.05, 0.1) is 29.2 Å². The lowest BCUT2D eigenvalue weighted by Gasteiger charge is -2.15. The highest BCUT2D eigenvalue weighted by Crippen LogP contribution is 2.18. The second-order valence-corrected chi connectivity index (χ2v) is 7.28. The van der Waals surface area contributed by atoms with E-state index in [0.29, 0.717) is 23.7 Å². The molecule has 0 amide bonds. The SMILES string of the molecule is CCC(CCNS(=O)(=O)c1cnn(C)c1C)n1cc(Cl)cn1. The zero-order chi connectivity index (χ0) is 16.3. The van der Waals surface area contributed by atoms with Crippen LogP contribution in [0.4, 0.5) is 0 Å². The molecule has 9 heteroatoms. The third-order valence-corrected chi connectivity index (χ3v) is 5.42. The molecule has 0 aliphatic carbocycles. The number of nitrogens with zero attached hydrogens (tertiary/aromatic N) is 4. The molecule has 1 unspecified atom stereocenters. The molecule has 2 aromatic rings. The number of sulfonamides is 1. The van der Waals surface area contributed by atoms with E-state index >= 15 is 0 Å². The lowest BCUT2D eigenvalue weighted by atomic mass is 10.1. The van der Waals surface area contributed by atoms with Gasteiger partial charge in [-0.1, -0.05) is 18.5 Å². The summed E-state index contributed by atoms with van der Waals surface area (Å²) >= 11 is 5.86. The molecule has 2 aromatic heterocycles. The fraction of sp³-hybridized carbons (Fsp3) is 0.538. The van der Waals surface area contributed by atoms with Crippen molar-refractivity contribution < 1.29 is 8.42 Å². The van der Waals surface area contributed by atoms with Crippen LogP contribution in [0.1, 0.15) is 31.5 Å². The van der Waals surface area contributed by atoms with Crippen molar-refractivity contribution >= 4 is 21.6 Å². The van der Waals surface area contributed by atoms with Crippen molar-refractivity contribution in [1.82, 2.24) is 24.3 Å². The molecule has 0 aromatic carbocycles. The summed E-state index contributed by atoms with van der Waals surface area (Å²) in [6, 6.07) is 0.102. The van der Waals surface area contributed by atoms with Crippen LogP contribution in [0, 0.1) is 6.92 Å². The molecule has 22 heavy (non-hydrogen) atoms. The molecule has 0 radical (unpaired) electrons.